The lowest BCUT2D eigenvalue weighted by atomic mass is 12.3. The number of rotatable bonds is 32. The number of hydrogen-bond donors (Lipinski definition) is 2. The molecule has 0 saturated heterocycles. The third kappa shape index (κ3) is 52.4. The second-order valence-corrected chi connectivity index (χ2v) is 5.96. The molecule has 68 heteroatoms. The second kappa shape index (κ2) is 53.4. The Morgan fingerprint density at radius 1 is 0.0735 bits per heavy atom. The first-order valence-electron chi connectivity index (χ1n) is 13.5. The lowest BCUT2D eigenvalue weighted by Gasteiger charge is -1.70. The molecule has 0 unspecified atom stereocenters. The molecule has 344 valence electrons. The summed E-state index contributed by atoms with van der Waals surface area (Å²) < 4.78 is 0. The molecule has 0 heterocycles. The topological polar surface area (TPSA) is 868 Å². The number of hydrogen-bond acceptors (Lipinski definition) is 2. The van der Waals surface area contributed by atoms with E-state index in [-0.39, 0.29) is 0 Å². The summed E-state index contributed by atoms with van der Waals surface area (Å²) in [5, 5.41) is 197. The normalized spacial score (nSPS) is 15.6. The van der Waals surface area contributed by atoms with Crippen molar-refractivity contribution in [3.05, 3.63) is 0 Å². The van der Waals surface area contributed by atoms with Crippen molar-refractivity contribution in [3.63, 3.8) is 0 Å². The summed E-state index contributed by atoms with van der Waals surface area (Å²) in [5.41, 5.74) is 0. The van der Waals surface area contributed by atoms with Gasteiger partial charge in [-0.05, 0) is 73.1 Å². The lowest BCUT2D eigenvalue weighted by molar-refractivity contribution is 0.724. The third-order valence-electron chi connectivity index (χ3n) is 2.62. The van der Waals surface area contributed by atoms with Crippen LogP contribution in [0.5, 0.6) is 0 Å². The van der Waals surface area contributed by atoms with Crippen molar-refractivity contribution in [3.8, 4) is 0 Å². The molecular formula is H4N68. The molecule has 0 fully saturated rings. The van der Waals surface area contributed by atoms with Crippen LogP contribution in [0, 0.1) is 0 Å². The summed E-state index contributed by atoms with van der Waals surface area (Å²) in [6.45, 7) is 0. The van der Waals surface area contributed by atoms with Crippen LogP contribution < -0.4 is 11.7 Å². The molecule has 0 aliphatic carbocycles. The Hall–Kier alpha value is -13.6. The van der Waals surface area contributed by atoms with Crippen LogP contribution in [0.15, 0.2) is 345 Å². The van der Waals surface area contributed by atoms with E-state index in [2.05, 4.69) is 356 Å². The fraction of sp³-hybridized carbons (Fsp3) is 0. The van der Waals surface area contributed by atoms with Crippen LogP contribution in [-0.2, 0) is 0 Å². The van der Waals surface area contributed by atoms with Crippen molar-refractivity contribution in [2.24, 2.45) is 356 Å². The van der Waals surface area contributed by atoms with Crippen LogP contribution in [0.4, 0.5) is 0 Å². The van der Waals surface area contributed by atoms with Crippen LogP contribution in [0.1, 0.15) is 0 Å². The molecule has 0 aromatic carbocycles. The quantitative estimate of drug-likeness (QED) is 0.0377. The lowest BCUT2D eigenvalue weighted by Crippen LogP contribution is -1.70. The molecule has 4 N–H and O–H groups in total. The molecule has 68 nitrogen and oxygen atoms in total. The van der Waals surface area contributed by atoms with E-state index in [4.69, 9.17) is 0 Å². The average Bonchev–Trinajstić information content (AvgIpc) is 3.35. The van der Waals surface area contributed by atoms with Crippen molar-refractivity contribution in [1.29, 1.82) is 0 Å². The van der Waals surface area contributed by atoms with E-state index in [0.717, 1.165) is 0 Å². The standard InChI is InChI=1S/H4N68/c1-3-5-7-9-11-13-15-17-19-21-23-25-27-29-31-33-35-37-39-41-43-45-47-49-51-53-55-57-59-61-63-65-67-68-66-64-62-60-58-56-54-52-50-48-46-44-42-40-38-36-34-32-30-28-26-24-22-20-18-16-14-12-10-8-6-4-2/h(H2,1,4,5,8,9,12,13,16,17,20,21,24,25,28,29,32,33,36,37,40,41,44,45,48,49,52,53,56,57,60,61,64,65,68)(H2,2,3,6,7,10,11,14,15,18,19,22,23,26,27,30,31,34,35,38,39,42,43,46,47,50,51,54,55,58,59,62,63,66,67). The Morgan fingerprint density at radius 3 is 0.162 bits per heavy atom. The molecule has 0 aromatic heterocycles. The van der Waals surface area contributed by atoms with E-state index in [1.807, 2.05) is 0 Å². The Kier molecular flexibility index (Phi) is 42.7. The highest BCUT2D eigenvalue weighted by atomic mass is 15.8. The molecule has 0 aliphatic heterocycles. The minimum atomic E-state index is 2.75. The molecule has 0 rings (SSSR count). The summed E-state index contributed by atoms with van der Waals surface area (Å²) in [4.78, 5) is 0. The molecule has 0 aromatic rings. The van der Waals surface area contributed by atoms with Crippen molar-refractivity contribution >= 4 is 0 Å². The van der Waals surface area contributed by atoms with E-state index in [1.54, 1.807) is 0 Å². The van der Waals surface area contributed by atoms with Crippen molar-refractivity contribution in [2.45, 2.75) is 0 Å². The van der Waals surface area contributed by atoms with Gasteiger partial charge in [0, 0.05) is 261 Å². The zero-order chi connectivity index (χ0) is 48.7. The summed E-state index contributed by atoms with van der Waals surface area (Å²) >= 11 is 0. The van der Waals surface area contributed by atoms with Crippen molar-refractivity contribution in [2.75, 3.05) is 0 Å². The van der Waals surface area contributed by atoms with Gasteiger partial charge in [0.05, 0.1) is 0 Å². The average molecular weight is 957 g/mol. The van der Waals surface area contributed by atoms with Gasteiger partial charge in [-0.25, -0.2) is 0 Å². The molecule has 0 bridgehead atoms. The van der Waals surface area contributed by atoms with Gasteiger partial charge in [0.15, 0.2) is 0 Å². The first kappa shape index (κ1) is 54.4. The Morgan fingerprint density at radius 2 is 0.118 bits per heavy atom. The van der Waals surface area contributed by atoms with E-state index in [0.29, 0.717) is 0 Å². The summed E-state index contributed by atoms with van der Waals surface area (Å²) in [6.07, 6.45) is 0. The van der Waals surface area contributed by atoms with Gasteiger partial charge in [0.1, 0.15) is 0 Å². The van der Waals surface area contributed by atoms with Crippen LogP contribution in [0.3, 0.4) is 0 Å². The van der Waals surface area contributed by atoms with E-state index in [1.165, 1.54) is 0 Å². The Balaban J connectivity index is 4.09. The Bertz CT molecular complexity index is 2130. The zero-order valence-corrected chi connectivity index (χ0v) is 30.7. The largest absolute Gasteiger partial charge is 0.303 e. The summed E-state index contributed by atoms with van der Waals surface area (Å²) in [5.74, 6) is 9.26. The molecule has 0 spiro atoms. The maximum Gasteiger partial charge on any atom is 0 e. The van der Waals surface area contributed by atoms with E-state index >= 15 is 0 Å². The fourth-order valence-electron chi connectivity index (χ4n) is 1.16. The van der Waals surface area contributed by atoms with Gasteiger partial charge in [0.25, 0.3) is 0 Å². The van der Waals surface area contributed by atoms with Crippen molar-refractivity contribution in [1.82, 2.24) is 0 Å². The van der Waals surface area contributed by atoms with Crippen molar-refractivity contribution < 1.29 is 0 Å². The monoisotopic (exact) mass is 956 g/mol. The minimum Gasteiger partial charge on any atom is -0.303 e. The van der Waals surface area contributed by atoms with Gasteiger partial charge in [-0.1, -0.05) is 10.4 Å². The van der Waals surface area contributed by atoms with Gasteiger partial charge >= 0.3 is 0 Å². The summed E-state index contributed by atoms with van der Waals surface area (Å²) in [6, 6.07) is 0. The first-order chi connectivity index (χ1) is 33.9. The van der Waals surface area contributed by atoms with Crippen LogP contribution in [0.25, 0.3) is 0 Å². The molecule has 0 atom stereocenters. The molecule has 0 amide bonds. The molecule has 0 radical (unpaired) electrons. The van der Waals surface area contributed by atoms with Gasteiger partial charge < -0.3 is 11.7 Å². The zero-order valence-electron chi connectivity index (χ0n) is 30.7. The SMILES string of the molecule is N/N=N/N=N/N=N/N=N/N=N/N=N/N=N/N=N/N=N/N=N/N=N/N=N/N=N/N=N/N=N/N=N/N=N/N=N/N=N/N=N/N=N/N=N/N=N/N=N/N=N/N=N/N=N/N=N/N=N/N=N/N=N/N=N/N=N/N. The van der Waals surface area contributed by atoms with E-state index < -0.39 is 0 Å². The maximum atomic E-state index is 4.63. The molecule has 0 aliphatic rings. The van der Waals surface area contributed by atoms with Crippen LogP contribution in [0.2, 0.25) is 0 Å². The second-order valence-electron chi connectivity index (χ2n) is 5.96. The predicted molar refractivity (Wildman–Crippen MR) is 169 cm³/mol. The highest BCUT2D eigenvalue weighted by Crippen LogP contribution is 1.95. The van der Waals surface area contributed by atoms with Gasteiger partial charge in [-0.2, -0.15) is 0 Å². The van der Waals surface area contributed by atoms with Gasteiger partial charge in [-0.3, -0.25) is 0 Å². The summed E-state index contributed by atoms with van der Waals surface area (Å²) in [7, 11) is 0. The van der Waals surface area contributed by atoms with Crippen LogP contribution in [-0.4, -0.2) is 0 Å². The van der Waals surface area contributed by atoms with E-state index in [9.17, 15) is 0 Å². The molecular weight excluding hydrogens is 952 g/mol. The first-order valence-corrected chi connectivity index (χ1v) is 13.5. The van der Waals surface area contributed by atoms with Gasteiger partial charge in [0.2, 0.25) is 0 Å². The molecule has 0 saturated carbocycles. The number of nitrogens with zero attached hydrogens (tertiary/aromatic N) is 66. The fourth-order valence-corrected chi connectivity index (χ4v) is 1.16. The Labute approximate surface area is 357 Å². The number of nitrogens with two attached hydrogens (primary N) is 2. The van der Waals surface area contributed by atoms with Gasteiger partial charge in [-0.15, -0.1) is 0 Å². The highest BCUT2D eigenvalue weighted by Gasteiger charge is 1.77. The maximum absolute atomic E-state index is 4.63. The predicted octanol–water partition coefficient (Wildman–Crippen LogP) is 10.9. The highest BCUT2D eigenvalue weighted by molar-refractivity contribution is 4.19. The van der Waals surface area contributed by atoms with Crippen LogP contribution >= 0.6 is 0 Å². The minimum absolute atomic E-state index is 2.75. The smallest absolute Gasteiger partial charge is 0 e. The molecule has 68 heavy (non-hydrogen) atoms. The third-order valence-corrected chi connectivity index (χ3v) is 2.62.